The van der Waals surface area contributed by atoms with Crippen molar-refractivity contribution in [2.24, 2.45) is 0 Å². The van der Waals surface area contributed by atoms with Crippen LogP contribution >= 0.6 is 11.3 Å². The van der Waals surface area contributed by atoms with Gasteiger partial charge in [0, 0.05) is 42.1 Å². The lowest BCUT2D eigenvalue weighted by molar-refractivity contribution is 0.00578. The van der Waals surface area contributed by atoms with E-state index in [1.807, 2.05) is 18.2 Å². The van der Waals surface area contributed by atoms with E-state index in [1.165, 1.54) is 14.8 Å². The molecule has 1 saturated heterocycles. The average Bonchev–Trinajstić information content (AvgIpc) is 3.70. The van der Waals surface area contributed by atoms with Crippen LogP contribution in [0.4, 0.5) is 0 Å². The van der Waals surface area contributed by atoms with Crippen LogP contribution in [0.2, 0.25) is 0 Å². The van der Waals surface area contributed by atoms with Crippen LogP contribution in [0, 0.1) is 0 Å². The Hall–Kier alpha value is -4.89. The summed E-state index contributed by atoms with van der Waals surface area (Å²) in [6.07, 6.45) is 0. The van der Waals surface area contributed by atoms with Crippen molar-refractivity contribution in [2.45, 2.75) is 38.9 Å². The van der Waals surface area contributed by atoms with E-state index in [4.69, 9.17) is 24.3 Å². The molecule has 0 unspecified atom stereocenters. The van der Waals surface area contributed by atoms with Gasteiger partial charge in [0.1, 0.15) is 0 Å². The molecule has 8 heteroatoms. The number of benzene rings is 5. The van der Waals surface area contributed by atoms with Crippen molar-refractivity contribution in [2.75, 3.05) is 0 Å². The molecule has 0 radical (unpaired) electrons. The monoisotopic (exact) mass is 630 g/mol. The lowest BCUT2D eigenvalue weighted by atomic mass is 9.75. The molecule has 5 aromatic carbocycles. The number of nitrogens with zero attached hydrogens (tertiary/aromatic N) is 4. The van der Waals surface area contributed by atoms with Crippen LogP contribution in [0.25, 0.3) is 70.7 Å². The first-order chi connectivity index (χ1) is 22.8. The molecule has 47 heavy (non-hydrogen) atoms. The summed E-state index contributed by atoms with van der Waals surface area (Å²) in [6, 6.07) is 39.9. The lowest BCUT2D eigenvalue weighted by Gasteiger charge is -2.32. The van der Waals surface area contributed by atoms with Crippen LogP contribution in [0.3, 0.4) is 0 Å². The summed E-state index contributed by atoms with van der Waals surface area (Å²) in [5, 5.41) is 4.64. The normalized spacial score (nSPS) is 15.8. The molecular formula is C39H31BN4O2S. The van der Waals surface area contributed by atoms with Crippen molar-refractivity contribution in [3.05, 3.63) is 115 Å². The topological polar surface area (TPSA) is 62.1 Å². The van der Waals surface area contributed by atoms with Crippen molar-refractivity contribution in [1.82, 2.24) is 19.5 Å². The second-order valence-electron chi connectivity index (χ2n) is 13.1. The summed E-state index contributed by atoms with van der Waals surface area (Å²) >= 11 is 1.79. The standard InChI is InChI=1S/C39H31BN4O2S/c1-38(2)39(3,4)46-40(45-38)29-19-9-5-16-26(29)35-41-36(28-18-13-23-33-34(28)27-17-8-12-22-32(27)47-33)43-37(42-35)44-30-20-10-6-14-24(30)25-15-7-11-21-31(25)44/h5-23H,1-4H3. The first-order valence-corrected chi connectivity index (χ1v) is 16.7. The van der Waals surface area contributed by atoms with Crippen LogP contribution in [0.5, 0.6) is 0 Å². The minimum Gasteiger partial charge on any atom is -0.399 e. The molecule has 9 rings (SSSR count). The maximum atomic E-state index is 6.54. The van der Waals surface area contributed by atoms with Gasteiger partial charge in [-0.15, -0.1) is 11.3 Å². The number of rotatable bonds is 4. The maximum absolute atomic E-state index is 6.54. The van der Waals surface area contributed by atoms with Crippen LogP contribution in [-0.4, -0.2) is 37.8 Å². The van der Waals surface area contributed by atoms with E-state index in [-0.39, 0.29) is 0 Å². The molecule has 1 fully saturated rings. The molecule has 3 aromatic heterocycles. The number of fused-ring (bicyclic) bond motifs is 6. The molecule has 0 bridgehead atoms. The van der Waals surface area contributed by atoms with Gasteiger partial charge in [0.15, 0.2) is 11.6 Å². The number of hydrogen-bond acceptors (Lipinski definition) is 6. The fourth-order valence-corrected chi connectivity index (χ4v) is 7.81. The number of aromatic nitrogens is 4. The molecule has 1 aliphatic heterocycles. The fourth-order valence-electron chi connectivity index (χ4n) is 6.68. The van der Waals surface area contributed by atoms with Crippen LogP contribution in [0.1, 0.15) is 27.7 Å². The second kappa shape index (κ2) is 10.3. The molecule has 0 saturated carbocycles. The van der Waals surface area contributed by atoms with E-state index in [1.54, 1.807) is 11.3 Å². The van der Waals surface area contributed by atoms with Crippen LogP contribution < -0.4 is 5.46 Å². The van der Waals surface area contributed by atoms with Crippen molar-refractivity contribution >= 4 is 65.9 Å². The molecule has 0 N–H and O–H groups in total. The Morgan fingerprint density at radius 2 is 1.09 bits per heavy atom. The summed E-state index contributed by atoms with van der Waals surface area (Å²) in [5.74, 6) is 1.74. The molecular weight excluding hydrogens is 599 g/mol. The summed E-state index contributed by atoms with van der Waals surface area (Å²) in [4.78, 5) is 15.7. The highest BCUT2D eigenvalue weighted by Gasteiger charge is 2.52. The van der Waals surface area contributed by atoms with E-state index in [2.05, 4.69) is 129 Å². The third kappa shape index (κ3) is 4.36. The molecule has 1 aliphatic rings. The van der Waals surface area contributed by atoms with Gasteiger partial charge in [-0.2, -0.15) is 9.97 Å². The summed E-state index contributed by atoms with van der Waals surface area (Å²) < 4.78 is 17.7. The lowest BCUT2D eigenvalue weighted by Crippen LogP contribution is -2.41. The van der Waals surface area contributed by atoms with Gasteiger partial charge in [-0.05, 0) is 57.4 Å². The Bertz CT molecular complexity index is 2450. The van der Waals surface area contributed by atoms with Gasteiger partial charge in [-0.3, -0.25) is 4.57 Å². The average molecular weight is 631 g/mol. The quantitative estimate of drug-likeness (QED) is 0.182. The molecule has 0 amide bonds. The molecule has 0 atom stereocenters. The Morgan fingerprint density at radius 1 is 0.553 bits per heavy atom. The highest BCUT2D eigenvalue weighted by Crippen LogP contribution is 2.41. The number of para-hydroxylation sites is 2. The minimum atomic E-state index is -0.572. The van der Waals surface area contributed by atoms with E-state index < -0.39 is 18.3 Å². The number of thiophene rings is 1. The Kier molecular flexibility index (Phi) is 6.22. The molecule has 6 nitrogen and oxygen atoms in total. The van der Waals surface area contributed by atoms with Crippen molar-refractivity contribution in [3.8, 4) is 28.7 Å². The Balaban J connectivity index is 1.34. The minimum absolute atomic E-state index is 0.487. The highest BCUT2D eigenvalue weighted by atomic mass is 32.1. The largest absolute Gasteiger partial charge is 0.495 e. The van der Waals surface area contributed by atoms with Gasteiger partial charge in [0.25, 0.3) is 0 Å². The van der Waals surface area contributed by atoms with Crippen LogP contribution in [-0.2, 0) is 9.31 Å². The van der Waals surface area contributed by atoms with E-state index in [9.17, 15) is 0 Å². The van der Waals surface area contributed by atoms with Gasteiger partial charge >= 0.3 is 7.12 Å². The van der Waals surface area contributed by atoms with Crippen molar-refractivity contribution in [3.63, 3.8) is 0 Å². The SMILES string of the molecule is CC1(C)OB(c2ccccc2-c2nc(-c3cccc4sc5ccccc5c34)nc(-n3c4ccccc4c4ccccc43)n2)OC1(C)C. The predicted molar refractivity (Wildman–Crippen MR) is 194 cm³/mol. The number of hydrogen-bond donors (Lipinski definition) is 0. The van der Waals surface area contributed by atoms with Gasteiger partial charge in [0.05, 0.1) is 22.2 Å². The van der Waals surface area contributed by atoms with Gasteiger partial charge < -0.3 is 9.31 Å². The smallest absolute Gasteiger partial charge is 0.399 e. The predicted octanol–water partition coefficient (Wildman–Crippen LogP) is 8.97. The third-order valence-electron chi connectivity index (χ3n) is 9.76. The first-order valence-electron chi connectivity index (χ1n) is 15.9. The molecule has 0 aliphatic carbocycles. The molecule has 228 valence electrons. The summed E-state index contributed by atoms with van der Waals surface area (Å²) in [7, 11) is -0.572. The van der Waals surface area contributed by atoms with E-state index in [0.29, 0.717) is 17.6 Å². The second-order valence-corrected chi connectivity index (χ2v) is 14.2. The first kappa shape index (κ1) is 28.3. The summed E-state index contributed by atoms with van der Waals surface area (Å²) in [6.45, 7) is 8.29. The zero-order valence-corrected chi connectivity index (χ0v) is 27.4. The maximum Gasteiger partial charge on any atom is 0.495 e. The summed E-state index contributed by atoms with van der Waals surface area (Å²) in [5.41, 5.74) is 3.80. The molecule has 4 heterocycles. The zero-order valence-electron chi connectivity index (χ0n) is 26.6. The Labute approximate surface area is 276 Å². The van der Waals surface area contributed by atoms with E-state index >= 15 is 0 Å². The molecule has 8 aromatic rings. The Morgan fingerprint density at radius 3 is 1.79 bits per heavy atom. The van der Waals surface area contributed by atoms with Gasteiger partial charge in [-0.25, -0.2) is 4.98 Å². The van der Waals surface area contributed by atoms with E-state index in [0.717, 1.165) is 43.8 Å². The fraction of sp³-hybridized carbons (Fsp3) is 0.154. The van der Waals surface area contributed by atoms with Crippen molar-refractivity contribution < 1.29 is 9.31 Å². The van der Waals surface area contributed by atoms with Gasteiger partial charge in [-0.1, -0.05) is 91.0 Å². The van der Waals surface area contributed by atoms with Crippen LogP contribution in [0.15, 0.2) is 115 Å². The zero-order chi connectivity index (χ0) is 31.9. The van der Waals surface area contributed by atoms with Crippen molar-refractivity contribution in [1.29, 1.82) is 0 Å². The molecule has 0 spiro atoms. The van der Waals surface area contributed by atoms with Gasteiger partial charge in [0.2, 0.25) is 5.95 Å². The highest BCUT2D eigenvalue weighted by molar-refractivity contribution is 7.25. The third-order valence-corrected chi connectivity index (χ3v) is 10.9.